The van der Waals surface area contributed by atoms with Crippen molar-refractivity contribution in [3.63, 3.8) is 0 Å². The van der Waals surface area contributed by atoms with Gasteiger partial charge in [-0.15, -0.1) is 0 Å². The Kier molecular flexibility index (Phi) is 6.18. The Bertz CT molecular complexity index is 119. The molecule has 0 rings (SSSR count). The summed E-state index contributed by atoms with van der Waals surface area (Å²) < 4.78 is 0. The number of aliphatic hydroxyl groups is 2. The van der Waals surface area contributed by atoms with Crippen molar-refractivity contribution in [1.82, 2.24) is 0 Å². The van der Waals surface area contributed by atoms with Crippen molar-refractivity contribution in [2.24, 2.45) is 0 Å². The highest BCUT2D eigenvalue weighted by Crippen LogP contribution is 2.08. The SMILES string of the molecule is CCCCC(O)/C(C)=C\CO. The zero-order valence-electron chi connectivity index (χ0n) is 7.38. The first-order valence-electron chi connectivity index (χ1n) is 4.18. The molecule has 2 heteroatoms. The van der Waals surface area contributed by atoms with Gasteiger partial charge in [-0.25, -0.2) is 0 Å². The average molecular weight is 158 g/mol. The van der Waals surface area contributed by atoms with Gasteiger partial charge in [-0.1, -0.05) is 25.8 Å². The third-order valence-corrected chi connectivity index (χ3v) is 1.77. The standard InChI is InChI=1S/C9H18O2/c1-3-4-5-9(11)8(2)6-7-10/h6,9-11H,3-5,7H2,1-2H3/b8-6-. The van der Waals surface area contributed by atoms with Crippen LogP contribution in [0.1, 0.15) is 33.1 Å². The zero-order chi connectivity index (χ0) is 8.69. The minimum Gasteiger partial charge on any atom is -0.392 e. The maximum absolute atomic E-state index is 9.40. The molecule has 66 valence electrons. The molecule has 0 aliphatic rings. The van der Waals surface area contributed by atoms with Crippen molar-refractivity contribution >= 4 is 0 Å². The molecule has 11 heavy (non-hydrogen) atoms. The molecule has 0 heterocycles. The third-order valence-electron chi connectivity index (χ3n) is 1.77. The molecule has 0 aliphatic heterocycles. The van der Waals surface area contributed by atoms with E-state index in [9.17, 15) is 5.11 Å². The van der Waals surface area contributed by atoms with E-state index in [4.69, 9.17) is 5.11 Å². The fraction of sp³-hybridized carbons (Fsp3) is 0.778. The summed E-state index contributed by atoms with van der Waals surface area (Å²) >= 11 is 0. The van der Waals surface area contributed by atoms with E-state index in [1.54, 1.807) is 6.08 Å². The molecule has 0 fully saturated rings. The molecule has 0 bridgehead atoms. The van der Waals surface area contributed by atoms with Crippen LogP contribution in [0.5, 0.6) is 0 Å². The summed E-state index contributed by atoms with van der Waals surface area (Å²) in [6, 6.07) is 0. The zero-order valence-corrected chi connectivity index (χ0v) is 7.38. The van der Waals surface area contributed by atoms with Gasteiger partial charge in [0, 0.05) is 0 Å². The molecule has 0 amide bonds. The topological polar surface area (TPSA) is 40.5 Å². The van der Waals surface area contributed by atoms with Gasteiger partial charge >= 0.3 is 0 Å². The summed E-state index contributed by atoms with van der Waals surface area (Å²) in [6.45, 7) is 3.96. The monoisotopic (exact) mass is 158 g/mol. The normalized spacial score (nSPS) is 15.1. The van der Waals surface area contributed by atoms with Crippen LogP contribution in [-0.4, -0.2) is 22.9 Å². The van der Waals surface area contributed by atoms with Crippen LogP contribution >= 0.6 is 0 Å². The van der Waals surface area contributed by atoms with Gasteiger partial charge in [0.1, 0.15) is 0 Å². The van der Waals surface area contributed by atoms with Crippen LogP contribution in [0, 0.1) is 0 Å². The highest BCUT2D eigenvalue weighted by Gasteiger charge is 2.03. The molecule has 2 N–H and O–H groups in total. The molecular weight excluding hydrogens is 140 g/mol. The van der Waals surface area contributed by atoms with E-state index in [2.05, 4.69) is 6.92 Å². The fourth-order valence-corrected chi connectivity index (χ4v) is 0.905. The van der Waals surface area contributed by atoms with Crippen LogP contribution in [0.15, 0.2) is 11.6 Å². The quantitative estimate of drug-likeness (QED) is 0.595. The summed E-state index contributed by atoms with van der Waals surface area (Å²) in [7, 11) is 0. The first-order valence-corrected chi connectivity index (χ1v) is 4.18. The Morgan fingerprint density at radius 2 is 2.18 bits per heavy atom. The van der Waals surface area contributed by atoms with Crippen molar-refractivity contribution in [3.05, 3.63) is 11.6 Å². The first kappa shape index (κ1) is 10.7. The van der Waals surface area contributed by atoms with E-state index in [1.807, 2.05) is 6.92 Å². The summed E-state index contributed by atoms with van der Waals surface area (Å²) in [6.07, 6.45) is 4.24. The molecule has 0 spiro atoms. The lowest BCUT2D eigenvalue weighted by Gasteiger charge is -2.09. The Morgan fingerprint density at radius 1 is 1.55 bits per heavy atom. The van der Waals surface area contributed by atoms with E-state index in [0.717, 1.165) is 24.8 Å². The molecular formula is C9H18O2. The minimum absolute atomic E-state index is 0.0228. The first-order chi connectivity index (χ1) is 5.22. The second-order valence-electron chi connectivity index (χ2n) is 2.79. The summed E-state index contributed by atoms with van der Waals surface area (Å²) in [5, 5.41) is 17.9. The van der Waals surface area contributed by atoms with Crippen LogP contribution in [0.3, 0.4) is 0 Å². The molecule has 2 nitrogen and oxygen atoms in total. The van der Waals surface area contributed by atoms with Crippen LogP contribution < -0.4 is 0 Å². The summed E-state index contributed by atoms with van der Waals surface area (Å²) in [4.78, 5) is 0. The molecule has 1 unspecified atom stereocenters. The van der Waals surface area contributed by atoms with Gasteiger partial charge < -0.3 is 10.2 Å². The van der Waals surface area contributed by atoms with E-state index in [0.29, 0.717) is 0 Å². The Morgan fingerprint density at radius 3 is 2.64 bits per heavy atom. The van der Waals surface area contributed by atoms with Crippen LogP contribution in [0.4, 0.5) is 0 Å². The van der Waals surface area contributed by atoms with Gasteiger partial charge in [0.2, 0.25) is 0 Å². The van der Waals surface area contributed by atoms with Crippen LogP contribution in [0.2, 0.25) is 0 Å². The highest BCUT2D eigenvalue weighted by molar-refractivity contribution is 5.03. The number of aliphatic hydroxyl groups excluding tert-OH is 2. The lowest BCUT2D eigenvalue weighted by molar-refractivity contribution is 0.195. The van der Waals surface area contributed by atoms with E-state index in [-0.39, 0.29) is 12.7 Å². The second kappa shape index (κ2) is 6.38. The largest absolute Gasteiger partial charge is 0.392 e. The predicted molar refractivity (Wildman–Crippen MR) is 46.4 cm³/mol. The van der Waals surface area contributed by atoms with Crippen LogP contribution in [0.25, 0.3) is 0 Å². The smallest absolute Gasteiger partial charge is 0.0748 e. The molecule has 0 aromatic heterocycles. The lowest BCUT2D eigenvalue weighted by Crippen LogP contribution is -2.08. The number of unbranched alkanes of at least 4 members (excludes halogenated alkanes) is 1. The lowest BCUT2D eigenvalue weighted by atomic mass is 10.1. The molecule has 0 saturated carbocycles. The Labute approximate surface area is 68.6 Å². The van der Waals surface area contributed by atoms with Gasteiger partial charge in [-0.2, -0.15) is 0 Å². The number of hydrogen-bond acceptors (Lipinski definition) is 2. The average Bonchev–Trinajstić information content (AvgIpc) is 2.00. The van der Waals surface area contributed by atoms with Gasteiger partial charge in [-0.05, 0) is 18.9 Å². The number of hydrogen-bond donors (Lipinski definition) is 2. The Hall–Kier alpha value is -0.340. The maximum atomic E-state index is 9.40. The molecule has 0 saturated heterocycles. The van der Waals surface area contributed by atoms with Gasteiger partial charge in [0.05, 0.1) is 12.7 Å². The van der Waals surface area contributed by atoms with Gasteiger partial charge in [0.15, 0.2) is 0 Å². The van der Waals surface area contributed by atoms with E-state index >= 15 is 0 Å². The molecule has 1 atom stereocenters. The Balaban J connectivity index is 3.63. The van der Waals surface area contributed by atoms with Crippen molar-refractivity contribution in [3.8, 4) is 0 Å². The van der Waals surface area contributed by atoms with E-state index in [1.165, 1.54) is 0 Å². The summed E-state index contributed by atoms with van der Waals surface area (Å²) in [5.41, 5.74) is 0.876. The highest BCUT2D eigenvalue weighted by atomic mass is 16.3. The third kappa shape index (κ3) is 4.99. The fourth-order valence-electron chi connectivity index (χ4n) is 0.905. The number of rotatable bonds is 5. The van der Waals surface area contributed by atoms with Crippen molar-refractivity contribution in [1.29, 1.82) is 0 Å². The second-order valence-corrected chi connectivity index (χ2v) is 2.79. The van der Waals surface area contributed by atoms with Crippen molar-refractivity contribution in [2.75, 3.05) is 6.61 Å². The molecule has 0 radical (unpaired) electrons. The van der Waals surface area contributed by atoms with E-state index < -0.39 is 0 Å². The molecule has 0 aliphatic carbocycles. The van der Waals surface area contributed by atoms with Crippen molar-refractivity contribution < 1.29 is 10.2 Å². The summed E-state index contributed by atoms with van der Waals surface area (Å²) in [5.74, 6) is 0. The maximum Gasteiger partial charge on any atom is 0.0748 e. The predicted octanol–water partition coefficient (Wildman–Crippen LogP) is 1.48. The minimum atomic E-state index is -0.359. The van der Waals surface area contributed by atoms with Crippen molar-refractivity contribution in [2.45, 2.75) is 39.2 Å². The molecule has 0 aromatic carbocycles. The van der Waals surface area contributed by atoms with Crippen LogP contribution in [-0.2, 0) is 0 Å². The molecule has 0 aromatic rings. The van der Waals surface area contributed by atoms with Gasteiger partial charge in [0.25, 0.3) is 0 Å². The van der Waals surface area contributed by atoms with Gasteiger partial charge in [-0.3, -0.25) is 0 Å².